The van der Waals surface area contributed by atoms with E-state index in [0.29, 0.717) is 25.7 Å². The predicted octanol–water partition coefficient (Wildman–Crippen LogP) is 15.6. The molecule has 0 aromatic heterocycles. The fourth-order valence-electron chi connectivity index (χ4n) is 13.2. The van der Waals surface area contributed by atoms with E-state index in [0.717, 1.165) is 186 Å². The van der Waals surface area contributed by atoms with Crippen LogP contribution >= 0.6 is 41.6 Å². The second-order valence-corrected chi connectivity index (χ2v) is 36.9. The molecule has 15 heteroatoms. The minimum atomic E-state index is -3.52. The summed E-state index contributed by atoms with van der Waals surface area (Å²) < 4.78 is 74.0. The molecule has 0 saturated heterocycles. The third-order valence-electron chi connectivity index (χ3n) is 17.3. The van der Waals surface area contributed by atoms with E-state index in [4.69, 9.17) is 3.63 Å². The van der Waals surface area contributed by atoms with Gasteiger partial charge in [0.2, 0.25) is 0 Å². The maximum Gasteiger partial charge on any atom is 0.273 e. The molecule has 7 nitrogen and oxygen atoms in total. The molecule has 0 N–H and O–H groups in total. The highest BCUT2D eigenvalue weighted by atomic mass is 32.3. The van der Waals surface area contributed by atoms with Crippen LogP contribution in [0.1, 0.15) is 231 Å². The molecule has 0 aliphatic heterocycles. The van der Waals surface area contributed by atoms with Crippen molar-refractivity contribution < 1.29 is 42.9 Å². The lowest BCUT2D eigenvalue weighted by atomic mass is 9.99. The van der Waals surface area contributed by atoms with E-state index in [1.165, 1.54) is 25.7 Å². The lowest BCUT2D eigenvalue weighted by Crippen LogP contribution is -2.38. The van der Waals surface area contributed by atoms with E-state index >= 15 is 0 Å². The van der Waals surface area contributed by atoms with E-state index in [1.807, 2.05) is 6.26 Å². The van der Waals surface area contributed by atoms with Crippen LogP contribution in [0, 0.1) is 0 Å². The van der Waals surface area contributed by atoms with Crippen molar-refractivity contribution in [1.29, 1.82) is 0 Å². The molecule has 0 aromatic carbocycles. The zero-order chi connectivity index (χ0) is 49.6. The van der Waals surface area contributed by atoms with Gasteiger partial charge in [0.05, 0.1) is 27.3 Å². The molecule has 8 aliphatic carbocycles. The summed E-state index contributed by atoms with van der Waals surface area (Å²) >= 11 is 0. The van der Waals surface area contributed by atoms with Crippen LogP contribution in [-0.2, 0) is 32.9 Å². The molecule has 8 fully saturated rings. The third kappa shape index (κ3) is 16.4. The summed E-state index contributed by atoms with van der Waals surface area (Å²) in [5.74, 6) is 0.883. The number of carbonyl (C=O) groups excluding carboxylic acids is 4. The first-order valence-corrected chi connectivity index (χ1v) is 37.5. The van der Waals surface area contributed by atoms with Crippen LogP contribution in [0.25, 0.3) is 0 Å². The van der Waals surface area contributed by atoms with Crippen molar-refractivity contribution in [2.75, 3.05) is 31.3 Å². The zero-order valence-electron chi connectivity index (χ0n) is 43.1. The van der Waals surface area contributed by atoms with E-state index in [2.05, 4.69) is 0 Å². The quantitative estimate of drug-likeness (QED) is 0.214. The van der Waals surface area contributed by atoms with Crippen LogP contribution in [0.15, 0.2) is 0 Å². The molecule has 8 unspecified atom stereocenters. The van der Waals surface area contributed by atoms with Gasteiger partial charge in [-0.2, -0.15) is 20.1 Å². The fourth-order valence-corrected chi connectivity index (χ4v) is 28.1. The molecule has 0 bridgehead atoms. The lowest BCUT2D eigenvalue weighted by Gasteiger charge is -2.48. The van der Waals surface area contributed by atoms with Gasteiger partial charge in [-0.3, -0.25) is 19.2 Å². The van der Waals surface area contributed by atoms with Crippen molar-refractivity contribution in [2.45, 2.75) is 273 Å². The van der Waals surface area contributed by atoms with E-state index in [9.17, 15) is 39.3 Å². The van der Waals surface area contributed by atoms with E-state index < -0.39 is 51.7 Å². The Kier molecular flexibility index (Phi) is 23.6. The van der Waals surface area contributed by atoms with Gasteiger partial charge in [0.1, 0.15) is 23.1 Å². The molecule has 0 aromatic rings. The molecule has 0 radical (unpaired) electrons. The van der Waals surface area contributed by atoms with Crippen molar-refractivity contribution in [2.24, 2.45) is 0 Å². The Hall–Kier alpha value is -0.220. The first kappa shape index (κ1) is 58.7. The summed E-state index contributed by atoms with van der Waals surface area (Å²) in [4.78, 5) is 47.9. The first-order valence-electron chi connectivity index (χ1n) is 27.3. The minimum Gasteiger partial charge on any atom is -0.298 e. The number of halogens is 3. The van der Waals surface area contributed by atoms with Gasteiger partial charge in [-0.25, -0.2) is 3.63 Å². The summed E-state index contributed by atoms with van der Waals surface area (Å²) in [5, 5.41) is 0.0834. The van der Waals surface area contributed by atoms with Gasteiger partial charge in [0.25, 0.3) is 10.1 Å². The van der Waals surface area contributed by atoms with Gasteiger partial charge in [0.15, 0.2) is 0 Å². The summed E-state index contributed by atoms with van der Waals surface area (Å²) in [6.07, 6.45) is 44.5. The first-order chi connectivity index (χ1) is 32.2. The Labute approximate surface area is 419 Å². The van der Waals surface area contributed by atoms with Crippen LogP contribution in [0.4, 0.5) is 11.7 Å². The Morgan fingerprint density at radius 1 is 0.324 bits per heavy atom. The molecule has 0 spiro atoms. The van der Waals surface area contributed by atoms with Gasteiger partial charge in [-0.05, 0) is 128 Å². The second kappa shape index (κ2) is 27.4. The monoisotopic (exact) mass is 1060 g/mol. The smallest absolute Gasteiger partial charge is 0.273 e. The summed E-state index contributed by atoms with van der Waals surface area (Å²) in [6.45, 7) is 0. The number of carbonyl (C=O) groups is 4. The molecular formula is C53H95F3O7S5. The van der Waals surface area contributed by atoms with E-state index in [1.54, 1.807) is 18.8 Å². The highest BCUT2D eigenvalue weighted by molar-refractivity contribution is 8.34. The largest absolute Gasteiger partial charge is 0.298 e. The average molecular weight is 1060 g/mol. The van der Waals surface area contributed by atoms with Gasteiger partial charge in [-0.15, -0.1) is 10.3 Å². The predicted molar refractivity (Wildman–Crippen MR) is 290 cm³/mol. The summed E-state index contributed by atoms with van der Waals surface area (Å²) in [7, 11) is -12.0. The Morgan fingerprint density at radius 2 is 0.544 bits per heavy atom. The maximum absolute atomic E-state index is 15.0. The molecule has 0 amide bonds. The van der Waals surface area contributed by atoms with Crippen molar-refractivity contribution in [3.63, 3.8) is 0 Å². The van der Waals surface area contributed by atoms with Crippen LogP contribution < -0.4 is 0 Å². The Bertz CT molecular complexity index is 1590. The van der Waals surface area contributed by atoms with Crippen LogP contribution in [0.2, 0.25) is 0 Å². The fraction of sp³-hybridized carbons (Fsp3) is 0.925. The number of hydrogen-bond donors (Lipinski definition) is 0. The second-order valence-electron chi connectivity index (χ2n) is 22.4. The van der Waals surface area contributed by atoms with Crippen LogP contribution in [0.3, 0.4) is 0 Å². The van der Waals surface area contributed by atoms with Crippen LogP contribution in [-0.4, -0.2) is 105 Å². The summed E-state index contributed by atoms with van der Waals surface area (Å²) in [6, 6.07) is 0. The van der Waals surface area contributed by atoms with Crippen LogP contribution in [0.5, 0.6) is 0 Å². The molecule has 400 valence electrons. The molecule has 8 atom stereocenters. The number of ketones is 4. The standard InChI is InChI=1S/C14H26O4S2.3C13H23FOS/c1-19(18-20(2,16)17,12-8-4-3-5-9-12)14-11-7-6-10-13(14)15;3*1-16(14,11-7-3-2-4-8-11)13-10-6-5-9-12(13)15/h12,14H,3-11H2,1-2H3;3*11,13H,2-10H2,1H3. The highest BCUT2D eigenvalue weighted by Crippen LogP contribution is 2.65. The molecule has 8 saturated carbocycles. The Balaban J connectivity index is 0.000000170. The van der Waals surface area contributed by atoms with Crippen molar-refractivity contribution in [1.82, 2.24) is 0 Å². The van der Waals surface area contributed by atoms with E-state index in [-0.39, 0.29) is 65.1 Å². The molecule has 8 aliphatic rings. The highest BCUT2D eigenvalue weighted by Gasteiger charge is 2.46. The van der Waals surface area contributed by atoms with Crippen molar-refractivity contribution in [3.8, 4) is 0 Å². The molecule has 68 heavy (non-hydrogen) atoms. The Morgan fingerprint density at radius 3 is 0.779 bits per heavy atom. The number of Topliss-reactive ketones (excluding diaryl/α,β-unsaturated/α-hetero) is 4. The molecular weight excluding hydrogens is 966 g/mol. The van der Waals surface area contributed by atoms with Crippen molar-refractivity contribution >= 4 is 74.8 Å². The summed E-state index contributed by atoms with van der Waals surface area (Å²) in [5.41, 5.74) is 0. The lowest BCUT2D eigenvalue weighted by molar-refractivity contribution is -0.120. The van der Waals surface area contributed by atoms with Gasteiger partial charge in [-0.1, -0.05) is 134 Å². The topological polar surface area (TPSA) is 112 Å². The van der Waals surface area contributed by atoms with Crippen molar-refractivity contribution in [3.05, 3.63) is 0 Å². The minimum absolute atomic E-state index is 0.172. The average Bonchev–Trinajstić information content (AvgIpc) is 3.33. The van der Waals surface area contributed by atoms with Gasteiger partial charge >= 0.3 is 0 Å². The SMILES string of the molecule is CS(F)(C1CCCCC1)C1CCCCC1=O.CS(F)(C1CCCCC1)C1CCCCC1=O.CS(F)(C1CCCCC1)C1CCCCC1=O.CS(OS(C)(=O)=O)(C1CCCCC1)C1CCCCC1=O. The third-order valence-corrected chi connectivity index (χ3v) is 33.1. The maximum atomic E-state index is 15.0. The molecule has 8 rings (SSSR count). The molecule has 0 heterocycles. The number of hydrogen-bond acceptors (Lipinski definition) is 7. The normalized spacial score (nSPS) is 33.3. The van der Waals surface area contributed by atoms with Gasteiger partial charge < -0.3 is 0 Å². The zero-order valence-corrected chi connectivity index (χ0v) is 47.2. The van der Waals surface area contributed by atoms with Gasteiger partial charge in [0, 0.05) is 46.7 Å². The number of rotatable bonds is 10.